The van der Waals surface area contributed by atoms with Crippen molar-refractivity contribution in [3.05, 3.63) is 41.6 Å². The maximum atomic E-state index is 6.23. The van der Waals surface area contributed by atoms with Gasteiger partial charge in [-0.3, -0.25) is 0 Å². The Morgan fingerprint density at radius 1 is 1.24 bits per heavy atom. The van der Waals surface area contributed by atoms with E-state index in [-0.39, 0.29) is 0 Å². The van der Waals surface area contributed by atoms with Gasteiger partial charge in [0, 0.05) is 18.2 Å². The minimum Gasteiger partial charge on any atom is -0.354 e. The van der Waals surface area contributed by atoms with E-state index in [0.29, 0.717) is 11.9 Å². The maximum Gasteiger partial charge on any atom is 0.137 e. The predicted octanol–water partition coefficient (Wildman–Crippen LogP) is 4.30. The molecule has 0 N–H and O–H groups in total. The van der Waals surface area contributed by atoms with Crippen LogP contribution in [0.4, 0.5) is 5.82 Å². The molecule has 3 nitrogen and oxygen atoms in total. The molecule has 21 heavy (non-hydrogen) atoms. The number of benzene rings is 1. The molecule has 0 saturated carbocycles. The molecule has 0 aliphatic carbocycles. The lowest BCUT2D eigenvalue weighted by Crippen LogP contribution is -2.39. The molecule has 112 valence electrons. The molecule has 0 amide bonds. The summed E-state index contributed by atoms with van der Waals surface area (Å²) >= 11 is 6.23. The Balaban J connectivity index is 2.12. The first-order chi connectivity index (χ1) is 10.2. The van der Waals surface area contributed by atoms with Crippen molar-refractivity contribution in [3.63, 3.8) is 0 Å². The summed E-state index contributed by atoms with van der Waals surface area (Å²) in [7, 11) is 0. The molecule has 0 spiro atoms. The van der Waals surface area contributed by atoms with E-state index >= 15 is 0 Å². The topological polar surface area (TPSA) is 21.1 Å². The summed E-state index contributed by atoms with van der Waals surface area (Å²) in [5, 5.41) is 4.75. The molecule has 1 aliphatic heterocycles. The minimum absolute atomic E-state index is 0.511. The fourth-order valence-corrected chi connectivity index (χ4v) is 3.47. The zero-order valence-corrected chi connectivity index (χ0v) is 13.5. The average Bonchev–Trinajstić information content (AvgIpc) is 2.85. The highest BCUT2D eigenvalue weighted by molar-refractivity contribution is 6.17. The van der Waals surface area contributed by atoms with Gasteiger partial charge in [-0.25, -0.2) is 4.68 Å². The van der Waals surface area contributed by atoms with Crippen molar-refractivity contribution >= 4 is 17.4 Å². The minimum atomic E-state index is 0.511. The van der Waals surface area contributed by atoms with E-state index in [1.807, 2.05) is 6.07 Å². The van der Waals surface area contributed by atoms with E-state index < -0.39 is 0 Å². The van der Waals surface area contributed by atoms with Crippen LogP contribution in [-0.2, 0) is 5.88 Å². The van der Waals surface area contributed by atoms with E-state index in [4.69, 9.17) is 16.7 Å². The molecule has 3 rings (SSSR count). The Labute approximate surface area is 131 Å². The van der Waals surface area contributed by atoms with Crippen molar-refractivity contribution < 1.29 is 0 Å². The number of hydrogen-bond donors (Lipinski definition) is 0. The highest BCUT2D eigenvalue weighted by Crippen LogP contribution is 2.32. The number of piperidine rings is 1. The molecule has 1 fully saturated rings. The Bertz CT molecular complexity index is 606. The lowest BCUT2D eigenvalue weighted by molar-refractivity contribution is 0.476. The molecule has 1 aromatic heterocycles. The summed E-state index contributed by atoms with van der Waals surface area (Å²) in [4.78, 5) is 2.48. The lowest BCUT2D eigenvalue weighted by atomic mass is 10.0. The number of alkyl halides is 1. The SMILES string of the molecule is Cc1nn(-c2ccccc2)c(N2CCCCC2C)c1CCl. The zero-order valence-electron chi connectivity index (χ0n) is 12.7. The monoisotopic (exact) mass is 303 g/mol. The van der Waals surface area contributed by atoms with Crippen LogP contribution in [0.15, 0.2) is 30.3 Å². The molecule has 1 aromatic carbocycles. The summed E-state index contributed by atoms with van der Waals surface area (Å²) in [6.45, 7) is 5.44. The van der Waals surface area contributed by atoms with Crippen LogP contribution in [0.5, 0.6) is 0 Å². The molecular weight excluding hydrogens is 282 g/mol. The van der Waals surface area contributed by atoms with Crippen LogP contribution in [0.3, 0.4) is 0 Å². The van der Waals surface area contributed by atoms with Gasteiger partial charge in [-0.2, -0.15) is 5.10 Å². The number of hydrogen-bond acceptors (Lipinski definition) is 2. The quantitative estimate of drug-likeness (QED) is 0.788. The lowest BCUT2D eigenvalue weighted by Gasteiger charge is -2.36. The Morgan fingerprint density at radius 2 is 2.00 bits per heavy atom. The first-order valence-electron chi connectivity index (χ1n) is 7.69. The van der Waals surface area contributed by atoms with Gasteiger partial charge in [-0.15, -0.1) is 11.6 Å². The normalized spacial score (nSPS) is 19.0. The van der Waals surface area contributed by atoms with Gasteiger partial charge in [-0.1, -0.05) is 18.2 Å². The number of halogens is 1. The van der Waals surface area contributed by atoms with Crippen molar-refractivity contribution in [1.29, 1.82) is 0 Å². The number of rotatable bonds is 3. The summed E-state index contributed by atoms with van der Waals surface area (Å²) in [5.74, 6) is 1.69. The van der Waals surface area contributed by atoms with Crippen LogP contribution in [-0.4, -0.2) is 22.4 Å². The second kappa shape index (κ2) is 6.10. The first-order valence-corrected chi connectivity index (χ1v) is 8.22. The van der Waals surface area contributed by atoms with E-state index in [2.05, 4.69) is 47.7 Å². The molecule has 0 bridgehead atoms. The van der Waals surface area contributed by atoms with Gasteiger partial charge in [0.05, 0.1) is 17.3 Å². The predicted molar refractivity (Wildman–Crippen MR) is 88.5 cm³/mol. The van der Waals surface area contributed by atoms with Crippen LogP contribution in [0, 0.1) is 6.92 Å². The summed E-state index contributed by atoms with van der Waals surface area (Å²) in [6.07, 6.45) is 3.79. The standard InChI is InChI=1S/C17H22ClN3/c1-13-8-6-7-11-20(13)17-16(12-18)14(2)19-21(17)15-9-4-3-5-10-15/h3-5,9-10,13H,6-8,11-12H2,1-2H3. The fraction of sp³-hybridized carbons (Fsp3) is 0.471. The molecule has 1 saturated heterocycles. The molecule has 1 atom stereocenters. The third-order valence-corrected chi connectivity index (χ3v) is 4.63. The van der Waals surface area contributed by atoms with Crippen LogP contribution in [0.1, 0.15) is 37.4 Å². The highest BCUT2D eigenvalue weighted by atomic mass is 35.5. The molecule has 2 heterocycles. The smallest absolute Gasteiger partial charge is 0.137 e. The zero-order chi connectivity index (χ0) is 14.8. The average molecular weight is 304 g/mol. The fourth-order valence-electron chi connectivity index (χ4n) is 3.16. The Morgan fingerprint density at radius 3 is 2.67 bits per heavy atom. The largest absolute Gasteiger partial charge is 0.354 e. The number of para-hydroxylation sites is 1. The van der Waals surface area contributed by atoms with Crippen LogP contribution in [0.25, 0.3) is 5.69 Å². The number of nitrogens with zero attached hydrogens (tertiary/aromatic N) is 3. The molecule has 4 heteroatoms. The second-order valence-corrected chi connectivity index (χ2v) is 6.07. The second-order valence-electron chi connectivity index (χ2n) is 5.81. The van der Waals surface area contributed by atoms with Crippen molar-refractivity contribution in [2.45, 2.75) is 45.0 Å². The van der Waals surface area contributed by atoms with Crippen molar-refractivity contribution in [2.75, 3.05) is 11.4 Å². The maximum absolute atomic E-state index is 6.23. The van der Waals surface area contributed by atoms with E-state index in [1.165, 1.54) is 25.1 Å². The summed E-state index contributed by atoms with van der Waals surface area (Å²) < 4.78 is 2.06. The van der Waals surface area contributed by atoms with Crippen molar-refractivity contribution in [3.8, 4) is 5.69 Å². The van der Waals surface area contributed by atoms with Gasteiger partial charge in [0.2, 0.25) is 0 Å². The number of aromatic nitrogens is 2. The highest BCUT2D eigenvalue weighted by Gasteiger charge is 2.26. The van der Waals surface area contributed by atoms with Gasteiger partial charge in [0.15, 0.2) is 0 Å². The molecular formula is C17H22ClN3. The van der Waals surface area contributed by atoms with Crippen molar-refractivity contribution in [2.24, 2.45) is 0 Å². The first kappa shape index (κ1) is 14.5. The molecule has 2 aromatic rings. The van der Waals surface area contributed by atoms with Gasteiger partial charge in [0.25, 0.3) is 0 Å². The summed E-state index contributed by atoms with van der Waals surface area (Å²) in [5.41, 5.74) is 3.29. The number of anilines is 1. The van der Waals surface area contributed by atoms with Crippen LogP contribution >= 0.6 is 11.6 Å². The van der Waals surface area contributed by atoms with Crippen LogP contribution < -0.4 is 4.90 Å². The molecule has 1 unspecified atom stereocenters. The number of aryl methyl sites for hydroxylation is 1. The Hall–Kier alpha value is -1.48. The van der Waals surface area contributed by atoms with Gasteiger partial charge in [0.1, 0.15) is 5.82 Å². The summed E-state index contributed by atoms with van der Waals surface area (Å²) in [6, 6.07) is 10.9. The van der Waals surface area contributed by atoms with E-state index in [0.717, 1.165) is 23.5 Å². The Kier molecular flexibility index (Phi) is 4.20. The van der Waals surface area contributed by atoms with Crippen LogP contribution in [0.2, 0.25) is 0 Å². The van der Waals surface area contributed by atoms with E-state index in [1.54, 1.807) is 0 Å². The van der Waals surface area contributed by atoms with Crippen molar-refractivity contribution in [1.82, 2.24) is 9.78 Å². The van der Waals surface area contributed by atoms with Gasteiger partial charge in [-0.05, 0) is 45.2 Å². The third kappa shape index (κ3) is 2.67. The van der Waals surface area contributed by atoms with Gasteiger partial charge < -0.3 is 4.90 Å². The van der Waals surface area contributed by atoms with Gasteiger partial charge >= 0.3 is 0 Å². The molecule has 0 radical (unpaired) electrons. The van der Waals surface area contributed by atoms with E-state index in [9.17, 15) is 0 Å². The third-order valence-electron chi connectivity index (χ3n) is 4.37. The molecule has 1 aliphatic rings.